The molecule has 0 unspecified atom stereocenters. The fourth-order valence-corrected chi connectivity index (χ4v) is 3.93. The van der Waals surface area contributed by atoms with Crippen molar-refractivity contribution in [3.63, 3.8) is 0 Å². The Morgan fingerprint density at radius 3 is 2.46 bits per heavy atom. The molecule has 0 bridgehead atoms. The molecule has 5 rings (SSSR count). The van der Waals surface area contributed by atoms with E-state index in [1.165, 1.54) is 0 Å². The number of rotatable bonds is 7. The first-order chi connectivity index (χ1) is 17.2. The Hall–Kier alpha value is -4.17. The average molecular weight is 471 g/mol. The van der Waals surface area contributed by atoms with Crippen LogP contribution >= 0.6 is 0 Å². The molecule has 1 saturated heterocycles. The maximum absolute atomic E-state index is 12.8. The molecule has 3 heterocycles. The lowest BCUT2D eigenvalue weighted by molar-refractivity contribution is 0.0473. The molecule has 0 saturated carbocycles. The van der Waals surface area contributed by atoms with Crippen LogP contribution in [0.15, 0.2) is 79.1 Å². The number of carbonyl (C=O) groups is 1. The number of morpholine rings is 1. The van der Waals surface area contributed by atoms with Crippen LogP contribution < -0.4 is 9.64 Å². The molecular formula is C27H26N4O4. The minimum Gasteiger partial charge on any atom is -0.497 e. The molecule has 35 heavy (non-hydrogen) atoms. The van der Waals surface area contributed by atoms with Gasteiger partial charge in [-0.15, -0.1) is 0 Å². The minimum absolute atomic E-state index is 0.0816. The van der Waals surface area contributed by atoms with Crippen molar-refractivity contribution >= 4 is 11.8 Å². The molecule has 0 N–H and O–H groups in total. The van der Waals surface area contributed by atoms with Gasteiger partial charge in [-0.1, -0.05) is 18.2 Å². The van der Waals surface area contributed by atoms with Crippen molar-refractivity contribution in [3.05, 3.63) is 90.3 Å². The van der Waals surface area contributed by atoms with Gasteiger partial charge in [0.05, 0.1) is 37.3 Å². The fourth-order valence-electron chi connectivity index (χ4n) is 3.93. The van der Waals surface area contributed by atoms with Gasteiger partial charge in [-0.2, -0.15) is 5.10 Å². The summed E-state index contributed by atoms with van der Waals surface area (Å²) < 4.78 is 18.1. The van der Waals surface area contributed by atoms with E-state index in [2.05, 4.69) is 9.88 Å². The van der Waals surface area contributed by atoms with Crippen LogP contribution in [0.4, 0.5) is 5.82 Å². The van der Waals surface area contributed by atoms with E-state index < -0.39 is 5.97 Å². The van der Waals surface area contributed by atoms with Crippen molar-refractivity contribution in [3.8, 4) is 22.7 Å². The topological polar surface area (TPSA) is 78.7 Å². The Labute approximate surface area is 203 Å². The Bertz CT molecular complexity index is 1270. The number of methoxy groups -OCH3 is 1. The second kappa shape index (κ2) is 10.4. The van der Waals surface area contributed by atoms with Gasteiger partial charge in [0, 0.05) is 36.6 Å². The number of para-hydroxylation sites is 1. The number of esters is 1. The third-order valence-corrected chi connectivity index (χ3v) is 5.85. The number of carbonyl (C=O) groups excluding carboxylic acids is 1. The summed E-state index contributed by atoms with van der Waals surface area (Å²) in [6, 6.07) is 21.1. The fraction of sp³-hybridized carbons (Fsp3) is 0.222. The molecule has 8 nitrogen and oxygen atoms in total. The number of ether oxygens (including phenoxy) is 3. The molecule has 178 valence electrons. The predicted molar refractivity (Wildman–Crippen MR) is 132 cm³/mol. The monoisotopic (exact) mass is 470 g/mol. The highest BCUT2D eigenvalue weighted by molar-refractivity contribution is 5.89. The molecule has 0 amide bonds. The number of nitrogens with zero attached hydrogens (tertiary/aromatic N) is 4. The lowest BCUT2D eigenvalue weighted by Gasteiger charge is -2.27. The van der Waals surface area contributed by atoms with Gasteiger partial charge in [0.25, 0.3) is 0 Å². The van der Waals surface area contributed by atoms with Gasteiger partial charge in [0.1, 0.15) is 18.2 Å². The number of aromatic nitrogens is 3. The molecule has 0 radical (unpaired) electrons. The molecule has 0 aliphatic carbocycles. The first kappa shape index (κ1) is 22.6. The molecule has 0 atom stereocenters. The zero-order valence-corrected chi connectivity index (χ0v) is 19.5. The van der Waals surface area contributed by atoms with Crippen LogP contribution in [-0.2, 0) is 16.1 Å². The zero-order chi connectivity index (χ0) is 24.0. The highest BCUT2D eigenvalue weighted by Gasteiger charge is 2.17. The van der Waals surface area contributed by atoms with Gasteiger partial charge in [-0.25, -0.2) is 14.5 Å². The van der Waals surface area contributed by atoms with Gasteiger partial charge in [-0.3, -0.25) is 0 Å². The quantitative estimate of drug-likeness (QED) is 0.376. The highest BCUT2D eigenvalue weighted by atomic mass is 16.5. The summed E-state index contributed by atoms with van der Waals surface area (Å²) in [5.41, 5.74) is 3.77. The van der Waals surface area contributed by atoms with Crippen LogP contribution in [0, 0.1) is 0 Å². The van der Waals surface area contributed by atoms with Crippen molar-refractivity contribution in [1.29, 1.82) is 0 Å². The predicted octanol–water partition coefficient (Wildman–Crippen LogP) is 4.14. The van der Waals surface area contributed by atoms with E-state index in [1.807, 2.05) is 66.9 Å². The number of pyridine rings is 1. The van der Waals surface area contributed by atoms with Crippen molar-refractivity contribution < 1.29 is 19.0 Å². The summed E-state index contributed by atoms with van der Waals surface area (Å²) in [4.78, 5) is 19.4. The molecule has 0 spiro atoms. The van der Waals surface area contributed by atoms with Crippen LogP contribution in [0.2, 0.25) is 0 Å². The molecule has 8 heteroatoms. The Kier molecular flexibility index (Phi) is 6.72. The van der Waals surface area contributed by atoms with Crippen molar-refractivity contribution in [2.75, 3.05) is 38.3 Å². The Balaban J connectivity index is 1.34. The minimum atomic E-state index is -0.431. The summed E-state index contributed by atoms with van der Waals surface area (Å²) >= 11 is 0. The maximum atomic E-state index is 12.8. The van der Waals surface area contributed by atoms with Crippen LogP contribution in [0.3, 0.4) is 0 Å². The summed E-state index contributed by atoms with van der Waals surface area (Å²) in [7, 11) is 1.63. The average Bonchev–Trinajstić information content (AvgIpc) is 3.37. The van der Waals surface area contributed by atoms with Crippen molar-refractivity contribution in [2.45, 2.75) is 6.61 Å². The van der Waals surface area contributed by atoms with E-state index in [-0.39, 0.29) is 6.61 Å². The molecule has 2 aromatic heterocycles. The molecule has 2 aromatic carbocycles. The maximum Gasteiger partial charge on any atom is 0.340 e. The smallest absolute Gasteiger partial charge is 0.340 e. The summed E-state index contributed by atoms with van der Waals surface area (Å²) in [6.45, 7) is 3.02. The molecule has 1 aliphatic heterocycles. The molecule has 4 aromatic rings. The number of hydrogen-bond donors (Lipinski definition) is 0. The third kappa shape index (κ3) is 5.17. The standard InChI is InChI=1S/C27H26N4O4/c1-33-24-10-7-20(8-11-24)26-22(18-31(29-26)23-5-3-2-4-6-23)19-35-27(32)21-9-12-25(28-17-21)30-13-15-34-16-14-30/h2-12,17-18H,13-16,19H2,1H3. The lowest BCUT2D eigenvalue weighted by Crippen LogP contribution is -2.36. The summed E-state index contributed by atoms with van der Waals surface area (Å²) in [6.07, 6.45) is 3.45. The summed E-state index contributed by atoms with van der Waals surface area (Å²) in [5.74, 6) is 1.16. The molecule has 1 fully saturated rings. The first-order valence-corrected chi connectivity index (χ1v) is 11.5. The summed E-state index contributed by atoms with van der Waals surface area (Å²) in [5, 5.41) is 4.78. The van der Waals surface area contributed by atoms with Crippen LogP contribution in [-0.4, -0.2) is 54.1 Å². The first-order valence-electron chi connectivity index (χ1n) is 11.5. The van der Waals surface area contributed by atoms with E-state index >= 15 is 0 Å². The van der Waals surface area contributed by atoms with Gasteiger partial charge in [-0.05, 0) is 48.5 Å². The number of hydrogen-bond acceptors (Lipinski definition) is 7. The lowest BCUT2D eigenvalue weighted by atomic mass is 10.1. The van der Waals surface area contributed by atoms with Crippen LogP contribution in [0.5, 0.6) is 5.75 Å². The van der Waals surface area contributed by atoms with E-state index in [0.717, 1.165) is 47.2 Å². The van der Waals surface area contributed by atoms with Crippen molar-refractivity contribution in [2.24, 2.45) is 0 Å². The van der Waals surface area contributed by atoms with Gasteiger partial charge in [0.2, 0.25) is 0 Å². The van der Waals surface area contributed by atoms with Gasteiger partial charge in [0.15, 0.2) is 0 Å². The highest BCUT2D eigenvalue weighted by Crippen LogP contribution is 2.27. The van der Waals surface area contributed by atoms with Crippen molar-refractivity contribution in [1.82, 2.24) is 14.8 Å². The third-order valence-electron chi connectivity index (χ3n) is 5.85. The van der Waals surface area contributed by atoms with Crippen LogP contribution in [0.1, 0.15) is 15.9 Å². The zero-order valence-electron chi connectivity index (χ0n) is 19.5. The number of benzene rings is 2. The van der Waals surface area contributed by atoms with E-state index in [1.54, 1.807) is 24.1 Å². The van der Waals surface area contributed by atoms with Gasteiger partial charge >= 0.3 is 5.97 Å². The molecule has 1 aliphatic rings. The van der Waals surface area contributed by atoms with E-state index in [9.17, 15) is 4.79 Å². The SMILES string of the molecule is COc1ccc(-c2nn(-c3ccccc3)cc2COC(=O)c2ccc(N3CCOCC3)nc2)cc1. The molecular weight excluding hydrogens is 444 g/mol. The van der Waals surface area contributed by atoms with E-state index in [4.69, 9.17) is 19.3 Å². The second-order valence-corrected chi connectivity index (χ2v) is 8.09. The number of anilines is 1. The normalized spacial score (nSPS) is 13.5. The largest absolute Gasteiger partial charge is 0.497 e. The second-order valence-electron chi connectivity index (χ2n) is 8.09. The Morgan fingerprint density at radius 2 is 1.77 bits per heavy atom. The van der Waals surface area contributed by atoms with Gasteiger partial charge < -0.3 is 19.1 Å². The Morgan fingerprint density at radius 1 is 1.00 bits per heavy atom. The van der Waals surface area contributed by atoms with E-state index in [0.29, 0.717) is 18.8 Å². The van der Waals surface area contributed by atoms with Crippen LogP contribution in [0.25, 0.3) is 16.9 Å².